The zero-order valence-electron chi connectivity index (χ0n) is 9.43. The van der Waals surface area contributed by atoms with Gasteiger partial charge in [0.1, 0.15) is 5.82 Å². The van der Waals surface area contributed by atoms with Crippen molar-refractivity contribution in [3.63, 3.8) is 0 Å². The average molecular weight is 305 g/mol. The van der Waals surface area contributed by atoms with E-state index >= 15 is 0 Å². The summed E-state index contributed by atoms with van der Waals surface area (Å²) in [5.74, 6) is -0.610. The van der Waals surface area contributed by atoms with Gasteiger partial charge in [0.15, 0.2) is 0 Å². The first-order chi connectivity index (χ1) is 8.15. The summed E-state index contributed by atoms with van der Waals surface area (Å²) < 4.78 is 18.7. The fourth-order valence-corrected chi connectivity index (χ4v) is 1.67. The molecule has 0 spiro atoms. The van der Waals surface area contributed by atoms with Gasteiger partial charge in [-0.3, -0.25) is 4.79 Å². The lowest BCUT2D eigenvalue weighted by molar-refractivity contribution is -0.119. The highest BCUT2D eigenvalue weighted by Gasteiger charge is 2.07. The van der Waals surface area contributed by atoms with Gasteiger partial charge >= 0.3 is 0 Å². The molecule has 0 unspecified atom stereocenters. The largest absolute Gasteiger partial charge is 0.383 e. The molecule has 2 N–H and O–H groups in total. The van der Waals surface area contributed by atoms with Gasteiger partial charge in [-0.05, 0) is 28.1 Å². The number of benzene rings is 1. The Labute approximate surface area is 108 Å². The molecule has 0 aromatic heterocycles. The van der Waals surface area contributed by atoms with Crippen molar-refractivity contribution in [3.8, 4) is 0 Å². The second-order valence-electron chi connectivity index (χ2n) is 3.29. The molecule has 0 aliphatic carbocycles. The zero-order valence-corrected chi connectivity index (χ0v) is 11.0. The molecule has 4 nitrogen and oxygen atoms in total. The second kappa shape index (κ2) is 7.24. The zero-order chi connectivity index (χ0) is 12.7. The van der Waals surface area contributed by atoms with E-state index in [1.165, 1.54) is 6.07 Å². The smallest absolute Gasteiger partial charge is 0.239 e. The number of methoxy groups -OCH3 is 1. The molecule has 0 heterocycles. The van der Waals surface area contributed by atoms with Crippen molar-refractivity contribution < 1.29 is 13.9 Å². The molecule has 17 heavy (non-hydrogen) atoms. The molecular formula is C11H14BrFN2O2. The second-order valence-corrected chi connectivity index (χ2v) is 4.15. The molecule has 0 bridgehead atoms. The highest BCUT2D eigenvalue weighted by molar-refractivity contribution is 9.10. The van der Waals surface area contributed by atoms with E-state index < -0.39 is 5.82 Å². The molecular weight excluding hydrogens is 291 g/mol. The predicted molar refractivity (Wildman–Crippen MR) is 67.5 cm³/mol. The molecule has 0 saturated heterocycles. The monoisotopic (exact) mass is 304 g/mol. The van der Waals surface area contributed by atoms with Gasteiger partial charge in [-0.15, -0.1) is 0 Å². The van der Waals surface area contributed by atoms with Crippen LogP contribution in [0.3, 0.4) is 0 Å². The van der Waals surface area contributed by atoms with Gasteiger partial charge in [-0.2, -0.15) is 0 Å². The standard InChI is InChI=1S/C11H14BrFN2O2/c1-17-6-5-14-10(16)7-15-11-8(12)3-2-4-9(11)13/h2-4,15H,5-7H2,1H3,(H,14,16). The third kappa shape index (κ3) is 4.70. The first-order valence-electron chi connectivity index (χ1n) is 5.08. The van der Waals surface area contributed by atoms with E-state index in [4.69, 9.17) is 4.74 Å². The number of halogens is 2. The van der Waals surface area contributed by atoms with Crippen molar-refractivity contribution in [2.45, 2.75) is 0 Å². The number of anilines is 1. The van der Waals surface area contributed by atoms with E-state index in [0.717, 1.165) is 0 Å². The number of hydrogen-bond acceptors (Lipinski definition) is 3. The van der Waals surface area contributed by atoms with Crippen LogP contribution in [0.2, 0.25) is 0 Å². The number of hydrogen-bond donors (Lipinski definition) is 2. The van der Waals surface area contributed by atoms with Crippen molar-refractivity contribution in [2.24, 2.45) is 0 Å². The summed E-state index contributed by atoms with van der Waals surface area (Å²) in [6, 6.07) is 4.62. The summed E-state index contributed by atoms with van der Waals surface area (Å²) in [5.41, 5.74) is 0.286. The number of amides is 1. The molecule has 0 atom stereocenters. The quantitative estimate of drug-likeness (QED) is 0.788. The van der Waals surface area contributed by atoms with Crippen molar-refractivity contribution in [1.29, 1.82) is 0 Å². The Balaban J connectivity index is 2.42. The molecule has 1 aromatic rings. The van der Waals surface area contributed by atoms with Crippen LogP contribution in [0.1, 0.15) is 0 Å². The highest BCUT2D eigenvalue weighted by Crippen LogP contribution is 2.24. The lowest BCUT2D eigenvalue weighted by Gasteiger charge is -2.09. The van der Waals surface area contributed by atoms with Gasteiger partial charge < -0.3 is 15.4 Å². The molecule has 6 heteroatoms. The van der Waals surface area contributed by atoms with E-state index in [-0.39, 0.29) is 18.1 Å². The normalized spacial score (nSPS) is 10.1. The van der Waals surface area contributed by atoms with Crippen LogP contribution in [0.4, 0.5) is 10.1 Å². The third-order valence-electron chi connectivity index (χ3n) is 2.02. The summed E-state index contributed by atoms with van der Waals surface area (Å²) in [6.07, 6.45) is 0. The van der Waals surface area contributed by atoms with Crippen LogP contribution in [0.25, 0.3) is 0 Å². The Hall–Kier alpha value is -1.14. The van der Waals surface area contributed by atoms with Gasteiger partial charge in [0, 0.05) is 18.1 Å². The minimum Gasteiger partial charge on any atom is -0.383 e. The average Bonchev–Trinajstić information content (AvgIpc) is 2.29. The number of ether oxygens (including phenoxy) is 1. The Morgan fingerprint density at radius 1 is 1.53 bits per heavy atom. The number of para-hydroxylation sites is 1. The Morgan fingerprint density at radius 2 is 2.29 bits per heavy atom. The number of carbonyl (C=O) groups excluding carboxylic acids is 1. The molecule has 0 saturated carbocycles. The number of nitrogens with one attached hydrogen (secondary N) is 2. The van der Waals surface area contributed by atoms with Crippen LogP contribution in [0, 0.1) is 5.82 Å². The summed E-state index contributed by atoms with van der Waals surface area (Å²) in [4.78, 5) is 11.3. The SMILES string of the molecule is COCCNC(=O)CNc1c(F)cccc1Br. The van der Waals surface area contributed by atoms with Gasteiger partial charge in [0.25, 0.3) is 0 Å². The topological polar surface area (TPSA) is 50.4 Å². The number of rotatable bonds is 6. The van der Waals surface area contributed by atoms with Crippen LogP contribution in [0.15, 0.2) is 22.7 Å². The van der Waals surface area contributed by atoms with Crippen molar-refractivity contribution in [2.75, 3.05) is 32.1 Å². The van der Waals surface area contributed by atoms with Crippen LogP contribution in [0.5, 0.6) is 0 Å². The molecule has 1 amide bonds. The predicted octanol–water partition coefficient (Wildman–Crippen LogP) is 1.76. The van der Waals surface area contributed by atoms with E-state index in [1.54, 1.807) is 19.2 Å². The van der Waals surface area contributed by atoms with Gasteiger partial charge in [0.2, 0.25) is 5.91 Å². The minimum atomic E-state index is -0.399. The lowest BCUT2D eigenvalue weighted by Crippen LogP contribution is -2.32. The van der Waals surface area contributed by atoms with Crippen LogP contribution >= 0.6 is 15.9 Å². The molecule has 0 fully saturated rings. The molecule has 1 rings (SSSR count). The third-order valence-corrected chi connectivity index (χ3v) is 2.68. The van der Waals surface area contributed by atoms with Crippen LogP contribution in [-0.2, 0) is 9.53 Å². The summed E-state index contributed by atoms with van der Waals surface area (Å²) in [5, 5.41) is 5.36. The summed E-state index contributed by atoms with van der Waals surface area (Å²) in [7, 11) is 1.56. The van der Waals surface area contributed by atoms with E-state index in [0.29, 0.717) is 17.6 Å². The molecule has 0 radical (unpaired) electrons. The first kappa shape index (κ1) is 13.9. The van der Waals surface area contributed by atoms with Crippen LogP contribution in [-0.4, -0.2) is 32.7 Å². The maximum Gasteiger partial charge on any atom is 0.239 e. The van der Waals surface area contributed by atoms with Crippen molar-refractivity contribution >= 4 is 27.5 Å². The molecule has 1 aromatic carbocycles. The highest BCUT2D eigenvalue weighted by atomic mass is 79.9. The molecule has 0 aliphatic heterocycles. The van der Waals surface area contributed by atoms with Gasteiger partial charge in [-0.1, -0.05) is 6.07 Å². The Kier molecular flexibility index (Phi) is 5.93. The molecule has 0 aliphatic rings. The summed E-state index contributed by atoms with van der Waals surface area (Å²) >= 11 is 3.21. The lowest BCUT2D eigenvalue weighted by atomic mass is 10.3. The Morgan fingerprint density at radius 3 is 2.94 bits per heavy atom. The van der Waals surface area contributed by atoms with Crippen molar-refractivity contribution in [3.05, 3.63) is 28.5 Å². The molecule has 94 valence electrons. The van der Waals surface area contributed by atoms with E-state index in [9.17, 15) is 9.18 Å². The minimum absolute atomic E-state index is 0.0171. The fourth-order valence-electron chi connectivity index (χ4n) is 1.19. The fraction of sp³-hybridized carbons (Fsp3) is 0.364. The summed E-state index contributed by atoms with van der Waals surface area (Å²) in [6.45, 7) is 0.911. The van der Waals surface area contributed by atoms with Crippen LogP contribution < -0.4 is 10.6 Å². The van der Waals surface area contributed by atoms with Gasteiger partial charge in [0.05, 0.1) is 18.8 Å². The first-order valence-corrected chi connectivity index (χ1v) is 5.88. The van der Waals surface area contributed by atoms with Gasteiger partial charge in [-0.25, -0.2) is 4.39 Å². The van der Waals surface area contributed by atoms with E-state index in [2.05, 4.69) is 26.6 Å². The van der Waals surface area contributed by atoms with E-state index in [1.807, 2.05) is 0 Å². The maximum absolute atomic E-state index is 13.4. The number of carbonyl (C=O) groups is 1. The Bertz CT molecular complexity index is 367. The maximum atomic E-state index is 13.4. The van der Waals surface area contributed by atoms with Crippen molar-refractivity contribution in [1.82, 2.24) is 5.32 Å².